The molecule has 1 N–H and O–H groups in total. The molecule has 3 aromatic rings. The highest BCUT2D eigenvalue weighted by atomic mass is 32.2. The van der Waals surface area contributed by atoms with Crippen molar-refractivity contribution in [1.29, 1.82) is 0 Å². The number of nitrogens with zero attached hydrogens (tertiary/aromatic N) is 5. The largest absolute Gasteiger partial charge is 0.309 e. The Morgan fingerprint density at radius 1 is 1.30 bits per heavy atom. The maximum Gasteiger partial charge on any atom is 0.281 e. The fourth-order valence-corrected chi connectivity index (χ4v) is 4.37. The molecule has 3 rings (SSSR count). The van der Waals surface area contributed by atoms with E-state index in [-0.39, 0.29) is 17.2 Å². The average molecular weight is 407 g/mol. The molecule has 144 valence electrons. The van der Waals surface area contributed by atoms with Gasteiger partial charge in [-0.15, -0.1) is 21.5 Å². The van der Waals surface area contributed by atoms with E-state index in [2.05, 4.69) is 27.5 Å². The molecule has 0 saturated carbocycles. The van der Waals surface area contributed by atoms with Crippen molar-refractivity contribution in [2.45, 2.75) is 51.7 Å². The van der Waals surface area contributed by atoms with Crippen molar-refractivity contribution in [1.82, 2.24) is 24.4 Å². The first-order valence-electron chi connectivity index (χ1n) is 8.79. The fourth-order valence-electron chi connectivity index (χ4n) is 2.65. The van der Waals surface area contributed by atoms with Crippen LogP contribution < -0.4 is 11.0 Å². The molecule has 0 atom stereocenters. The Morgan fingerprint density at radius 2 is 2.11 bits per heavy atom. The van der Waals surface area contributed by atoms with Crippen LogP contribution in [-0.4, -0.2) is 36.1 Å². The van der Waals surface area contributed by atoms with Gasteiger partial charge in [0.15, 0.2) is 5.16 Å². The summed E-state index contributed by atoms with van der Waals surface area (Å²) in [6, 6.07) is 0. The van der Waals surface area contributed by atoms with Crippen LogP contribution in [0.4, 0.5) is 0 Å². The quantitative estimate of drug-likeness (QED) is 0.457. The predicted octanol–water partition coefficient (Wildman–Crippen LogP) is 2.72. The first kappa shape index (κ1) is 19.6. The lowest BCUT2D eigenvalue weighted by molar-refractivity contribution is -0.114. The van der Waals surface area contributed by atoms with Crippen molar-refractivity contribution < 1.29 is 4.79 Å². The SMILES string of the molecule is CCCCCn1cnnc1SCC(=O)Nn1cnc2sc(C)c(C)c2c1=O. The molecule has 0 radical (unpaired) electrons. The number of aryl methyl sites for hydroxylation is 3. The summed E-state index contributed by atoms with van der Waals surface area (Å²) < 4.78 is 3.10. The number of rotatable bonds is 8. The van der Waals surface area contributed by atoms with Crippen LogP contribution in [0, 0.1) is 13.8 Å². The van der Waals surface area contributed by atoms with Gasteiger partial charge in [0.2, 0.25) is 5.91 Å². The van der Waals surface area contributed by atoms with E-state index in [1.54, 1.807) is 6.33 Å². The second-order valence-corrected chi connectivity index (χ2v) is 8.37. The third kappa shape index (κ3) is 4.38. The first-order valence-corrected chi connectivity index (χ1v) is 10.6. The van der Waals surface area contributed by atoms with E-state index in [4.69, 9.17) is 0 Å². The van der Waals surface area contributed by atoms with Crippen molar-refractivity contribution in [3.8, 4) is 0 Å². The number of aromatic nitrogens is 5. The van der Waals surface area contributed by atoms with Gasteiger partial charge in [-0.25, -0.2) is 9.66 Å². The van der Waals surface area contributed by atoms with Gasteiger partial charge >= 0.3 is 0 Å². The predicted molar refractivity (Wildman–Crippen MR) is 108 cm³/mol. The summed E-state index contributed by atoms with van der Waals surface area (Å²) in [4.78, 5) is 30.9. The van der Waals surface area contributed by atoms with E-state index in [0.717, 1.165) is 40.9 Å². The summed E-state index contributed by atoms with van der Waals surface area (Å²) in [6.45, 7) is 6.84. The van der Waals surface area contributed by atoms with Crippen LogP contribution in [0.25, 0.3) is 10.2 Å². The molecule has 27 heavy (non-hydrogen) atoms. The molecule has 10 heteroatoms. The highest BCUT2D eigenvalue weighted by Gasteiger charge is 2.14. The normalized spacial score (nSPS) is 11.2. The Balaban J connectivity index is 1.64. The molecule has 0 spiro atoms. The van der Waals surface area contributed by atoms with Gasteiger partial charge < -0.3 is 4.57 Å². The molecule has 8 nitrogen and oxygen atoms in total. The van der Waals surface area contributed by atoms with E-state index < -0.39 is 0 Å². The van der Waals surface area contributed by atoms with Crippen LogP contribution in [-0.2, 0) is 11.3 Å². The minimum atomic E-state index is -0.295. The smallest absolute Gasteiger partial charge is 0.281 e. The number of thioether (sulfide) groups is 1. The Kier molecular flexibility index (Phi) is 6.27. The lowest BCUT2D eigenvalue weighted by Gasteiger charge is -2.08. The number of carbonyl (C=O) groups excluding carboxylic acids is 1. The molecular weight excluding hydrogens is 384 g/mol. The molecule has 0 aliphatic rings. The number of nitrogens with one attached hydrogen (secondary N) is 1. The van der Waals surface area contributed by atoms with E-state index in [9.17, 15) is 9.59 Å². The maximum atomic E-state index is 12.6. The second kappa shape index (κ2) is 8.66. The van der Waals surface area contributed by atoms with Crippen LogP contribution in [0.15, 0.2) is 22.6 Å². The summed E-state index contributed by atoms with van der Waals surface area (Å²) in [5.41, 5.74) is 3.25. The zero-order chi connectivity index (χ0) is 19.4. The second-order valence-electron chi connectivity index (χ2n) is 6.22. The van der Waals surface area contributed by atoms with Gasteiger partial charge in [0.25, 0.3) is 5.56 Å². The number of hydrogen-bond acceptors (Lipinski definition) is 7. The van der Waals surface area contributed by atoms with Gasteiger partial charge in [0.1, 0.15) is 17.5 Å². The number of amides is 1. The van der Waals surface area contributed by atoms with Crippen LogP contribution in [0.1, 0.15) is 36.6 Å². The molecule has 0 fully saturated rings. The van der Waals surface area contributed by atoms with Crippen LogP contribution in [0.5, 0.6) is 0 Å². The molecule has 0 aromatic carbocycles. The zero-order valence-corrected chi connectivity index (χ0v) is 17.2. The van der Waals surface area contributed by atoms with Gasteiger partial charge in [0.05, 0.1) is 11.1 Å². The van der Waals surface area contributed by atoms with E-state index in [1.807, 2.05) is 18.4 Å². The average Bonchev–Trinajstić information content (AvgIpc) is 3.21. The third-order valence-electron chi connectivity index (χ3n) is 4.25. The number of unbranched alkanes of at least 4 members (excludes halogenated alkanes) is 2. The van der Waals surface area contributed by atoms with E-state index in [1.165, 1.54) is 29.4 Å². The van der Waals surface area contributed by atoms with Crippen molar-refractivity contribution in [3.63, 3.8) is 0 Å². The Bertz CT molecular complexity index is 1010. The molecular formula is C17H22N6O2S2. The minimum Gasteiger partial charge on any atom is -0.309 e. The van der Waals surface area contributed by atoms with Crippen molar-refractivity contribution in [2.24, 2.45) is 0 Å². The van der Waals surface area contributed by atoms with Crippen molar-refractivity contribution >= 4 is 39.2 Å². The number of carbonyl (C=O) groups is 1. The molecule has 0 bridgehead atoms. The Hall–Kier alpha value is -2.20. The third-order valence-corrected chi connectivity index (χ3v) is 6.35. The Labute approximate surface area is 165 Å². The summed E-state index contributed by atoms with van der Waals surface area (Å²) >= 11 is 2.78. The molecule has 0 saturated heterocycles. The minimum absolute atomic E-state index is 0.137. The van der Waals surface area contributed by atoms with Crippen molar-refractivity contribution in [3.05, 3.63) is 33.4 Å². The van der Waals surface area contributed by atoms with Gasteiger partial charge in [0, 0.05) is 11.4 Å². The lowest BCUT2D eigenvalue weighted by atomic mass is 10.2. The van der Waals surface area contributed by atoms with Gasteiger partial charge in [-0.05, 0) is 25.8 Å². The molecule has 3 aromatic heterocycles. The summed E-state index contributed by atoms with van der Waals surface area (Å²) in [7, 11) is 0. The van der Waals surface area contributed by atoms with Gasteiger partial charge in [-0.3, -0.25) is 15.0 Å². The summed E-state index contributed by atoms with van der Waals surface area (Å²) in [6.07, 6.45) is 6.37. The molecule has 3 heterocycles. The maximum absolute atomic E-state index is 12.6. The van der Waals surface area contributed by atoms with E-state index in [0.29, 0.717) is 15.4 Å². The lowest BCUT2D eigenvalue weighted by Crippen LogP contribution is -2.34. The fraction of sp³-hybridized carbons (Fsp3) is 0.471. The van der Waals surface area contributed by atoms with E-state index >= 15 is 0 Å². The Morgan fingerprint density at radius 3 is 2.89 bits per heavy atom. The topological polar surface area (TPSA) is 94.7 Å². The van der Waals surface area contributed by atoms with Gasteiger partial charge in [-0.2, -0.15) is 0 Å². The zero-order valence-electron chi connectivity index (χ0n) is 15.6. The standard InChI is InChI=1S/C17H22N6O2S2/c1-4-5-6-7-22-10-19-20-17(22)26-8-13(24)21-23-9-18-15-14(16(23)25)11(2)12(3)27-15/h9-10H,4-8H2,1-3H3,(H,21,24). The highest BCUT2D eigenvalue weighted by molar-refractivity contribution is 7.99. The number of fused-ring (bicyclic) bond motifs is 1. The number of hydrogen-bond donors (Lipinski definition) is 1. The monoisotopic (exact) mass is 406 g/mol. The van der Waals surface area contributed by atoms with Crippen LogP contribution >= 0.6 is 23.1 Å². The van der Waals surface area contributed by atoms with Gasteiger partial charge in [-0.1, -0.05) is 31.5 Å². The first-order chi connectivity index (χ1) is 13.0. The summed E-state index contributed by atoms with van der Waals surface area (Å²) in [5, 5.41) is 9.24. The van der Waals surface area contributed by atoms with Crippen LogP contribution in [0.2, 0.25) is 0 Å². The summed E-state index contributed by atoms with van der Waals surface area (Å²) in [5.74, 6) is -0.158. The molecule has 0 aliphatic heterocycles. The molecule has 0 aliphatic carbocycles. The van der Waals surface area contributed by atoms with Crippen molar-refractivity contribution in [2.75, 3.05) is 11.2 Å². The van der Waals surface area contributed by atoms with Crippen LogP contribution in [0.3, 0.4) is 0 Å². The molecule has 0 unspecified atom stereocenters. The number of thiophene rings is 1. The molecule has 1 amide bonds. The highest BCUT2D eigenvalue weighted by Crippen LogP contribution is 2.25.